The lowest BCUT2D eigenvalue weighted by Gasteiger charge is -2.33. The molecule has 3 rings (SSSR count). The van der Waals surface area contributed by atoms with E-state index in [4.69, 9.17) is 11.6 Å². The van der Waals surface area contributed by atoms with E-state index >= 15 is 0 Å². The highest BCUT2D eigenvalue weighted by Crippen LogP contribution is 2.33. The second-order valence-electron chi connectivity index (χ2n) is 5.53. The topological polar surface area (TPSA) is 54.5 Å². The molecule has 0 saturated carbocycles. The van der Waals surface area contributed by atoms with Crippen LogP contribution >= 0.6 is 22.9 Å². The van der Waals surface area contributed by atoms with Crippen molar-refractivity contribution in [3.8, 4) is 0 Å². The molecule has 0 bridgehead atoms. The molecular formula is C16H16ClNO3S2. The second-order valence-corrected chi connectivity index (χ2v) is 8.95. The van der Waals surface area contributed by atoms with E-state index in [0.717, 1.165) is 12.0 Å². The third-order valence-electron chi connectivity index (χ3n) is 4.08. The van der Waals surface area contributed by atoms with Crippen LogP contribution in [-0.2, 0) is 21.1 Å². The molecule has 1 unspecified atom stereocenters. The van der Waals surface area contributed by atoms with E-state index in [9.17, 15) is 13.2 Å². The molecule has 0 fully saturated rings. The molecule has 23 heavy (non-hydrogen) atoms. The lowest BCUT2D eigenvalue weighted by Crippen LogP contribution is -2.41. The summed E-state index contributed by atoms with van der Waals surface area (Å²) in [5, 5.41) is 2.48. The first-order chi connectivity index (χ1) is 10.9. The van der Waals surface area contributed by atoms with Crippen LogP contribution in [0.25, 0.3) is 0 Å². The Hall–Kier alpha value is -1.37. The van der Waals surface area contributed by atoms with Crippen molar-refractivity contribution in [3.63, 3.8) is 0 Å². The summed E-state index contributed by atoms with van der Waals surface area (Å²) in [5.41, 5.74) is 1.12. The molecule has 1 aromatic heterocycles. The maximum absolute atomic E-state index is 12.5. The van der Waals surface area contributed by atoms with Gasteiger partial charge in [0.1, 0.15) is 5.75 Å². The largest absolute Gasteiger partial charge is 0.335 e. The number of halogens is 1. The minimum absolute atomic E-state index is 0.0853. The Morgan fingerprint density at radius 2 is 2.00 bits per heavy atom. The third kappa shape index (κ3) is 3.29. The Kier molecular flexibility index (Phi) is 4.49. The van der Waals surface area contributed by atoms with E-state index in [-0.39, 0.29) is 16.8 Å². The quantitative estimate of drug-likeness (QED) is 0.833. The average molecular weight is 370 g/mol. The van der Waals surface area contributed by atoms with E-state index in [2.05, 4.69) is 0 Å². The normalized spacial score (nSPS) is 17.8. The number of carbonyl (C=O) groups is 1. The highest BCUT2D eigenvalue weighted by molar-refractivity contribution is 7.92. The number of hydrogen-bond donors (Lipinski definition) is 0. The molecule has 7 heteroatoms. The summed E-state index contributed by atoms with van der Waals surface area (Å²) in [5.74, 6) is -0.873. The molecule has 0 spiro atoms. The van der Waals surface area contributed by atoms with Crippen LogP contribution in [0.2, 0.25) is 5.02 Å². The molecule has 1 aromatic carbocycles. The molecule has 4 nitrogen and oxygen atoms in total. The molecule has 0 radical (unpaired) electrons. The molecule has 1 atom stereocenters. The Morgan fingerprint density at radius 3 is 2.70 bits per heavy atom. The molecule has 1 aliphatic rings. The van der Waals surface area contributed by atoms with Gasteiger partial charge < -0.3 is 4.90 Å². The van der Waals surface area contributed by atoms with Crippen LogP contribution in [0.3, 0.4) is 0 Å². The number of nitrogens with zero attached hydrogens (tertiary/aromatic N) is 1. The monoisotopic (exact) mass is 369 g/mol. The molecule has 122 valence electrons. The number of rotatable bonds is 3. The van der Waals surface area contributed by atoms with Crippen LogP contribution in [0.4, 0.5) is 0 Å². The molecule has 0 saturated heterocycles. The zero-order valence-corrected chi connectivity index (χ0v) is 14.9. The number of amides is 1. The van der Waals surface area contributed by atoms with Crippen molar-refractivity contribution < 1.29 is 13.2 Å². The third-order valence-corrected chi connectivity index (χ3v) is 6.95. The Morgan fingerprint density at radius 1 is 1.30 bits per heavy atom. The summed E-state index contributed by atoms with van der Waals surface area (Å²) in [6.07, 6.45) is 0.782. The first kappa shape index (κ1) is 16.5. The van der Waals surface area contributed by atoms with Crippen LogP contribution < -0.4 is 0 Å². The van der Waals surface area contributed by atoms with Gasteiger partial charge in [-0.15, -0.1) is 11.3 Å². The summed E-state index contributed by atoms with van der Waals surface area (Å²) in [7, 11) is -3.66. The molecule has 0 aliphatic carbocycles. The van der Waals surface area contributed by atoms with Crippen molar-refractivity contribution in [2.24, 2.45) is 0 Å². The van der Waals surface area contributed by atoms with Gasteiger partial charge in [-0.2, -0.15) is 0 Å². The first-order valence-electron chi connectivity index (χ1n) is 7.22. The van der Waals surface area contributed by atoms with Crippen molar-refractivity contribution >= 4 is 38.7 Å². The van der Waals surface area contributed by atoms with Gasteiger partial charge in [0.05, 0.1) is 10.9 Å². The SMILES string of the molecule is CC1c2ccsc2CCN1C(=O)CS(=O)(=O)c1ccc(Cl)cc1. The van der Waals surface area contributed by atoms with Crippen molar-refractivity contribution in [1.82, 2.24) is 4.90 Å². The van der Waals surface area contributed by atoms with E-state index in [1.165, 1.54) is 29.1 Å². The fourth-order valence-electron chi connectivity index (χ4n) is 2.82. The molecular weight excluding hydrogens is 354 g/mol. The van der Waals surface area contributed by atoms with Crippen molar-refractivity contribution in [2.45, 2.75) is 24.3 Å². The smallest absolute Gasteiger partial charge is 0.238 e. The lowest BCUT2D eigenvalue weighted by molar-refractivity contribution is -0.130. The zero-order chi connectivity index (χ0) is 16.6. The van der Waals surface area contributed by atoms with Crippen LogP contribution in [-0.4, -0.2) is 31.5 Å². The van der Waals surface area contributed by atoms with Crippen LogP contribution in [0.15, 0.2) is 40.6 Å². The standard InChI is InChI=1S/C16H16ClNO3S2/c1-11-14-7-9-22-15(14)6-8-18(11)16(19)10-23(20,21)13-4-2-12(17)3-5-13/h2-5,7,9,11H,6,8,10H2,1H3. The number of thiophene rings is 1. The van der Waals surface area contributed by atoms with E-state index in [0.29, 0.717) is 11.6 Å². The van der Waals surface area contributed by atoms with Crippen molar-refractivity contribution in [3.05, 3.63) is 51.2 Å². The first-order valence-corrected chi connectivity index (χ1v) is 10.1. The fraction of sp³-hybridized carbons (Fsp3) is 0.312. The maximum atomic E-state index is 12.5. The summed E-state index contributed by atoms with van der Waals surface area (Å²) in [6.45, 7) is 2.50. The number of sulfone groups is 1. The Labute approximate surface area is 144 Å². The Bertz CT molecular complexity index is 827. The predicted molar refractivity (Wildman–Crippen MR) is 91.7 cm³/mol. The predicted octanol–water partition coefficient (Wildman–Crippen LogP) is 3.32. The molecule has 2 heterocycles. The van der Waals surface area contributed by atoms with Crippen LogP contribution in [0.1, 0.15) is 23.4 Å². The van der Waals surface area contributed by atoms with Crippen LogP contribution in [0, 0.1) is 0 Å². The summed E-state index contributed by atoms with van der Waals surface area (Å²) in [6, 6.07) is 7.82. The summed E-state index contributed by atoms with van der Waals surface area (Å²) in [4.78, 5) is 15.6. The van der Waals surface area contributed by atoms with Gasteiger partial charge in [0.25, 0.3) is 0 Å². The van der Waals surface area contributed by atoms with Gasteiger partial charge in [-0.25, -0.2) is 8.42 Å². The molecule has 1 aliphatic heterocycles. The zero-order valence-electron chi connectivity index (χ0n) is 12.5. The summed E-state index contributed by atoms with van der Waals surface area (Å²) >= 11 is 7.46. The van der Waals surface area contributed by atoms with Gasteiger partial charge >= 0.3 is 0 Å². The van der Waals surface area contributed by atoms with Gasteiger partial charge in [-0.05, 0) is 54.6 Å². The number of benzene rings is 1. The van der Waals surface area contributed by atoms with E-state index in [1.54, 1.807) is 16.2 Å². The van der Waals surface area contributed by atoms with Crippen molar-refractivity contribution in [2.75, 3.05) is 12.3 Å². The molecule has 1 amide bonds. The van der Waals surface area contributed by atoms with E-state index < -0.39 is 15.6 Å². The van der Waals surface area contributed by atoms with Gasteiger partial charge in [-0.1, -0.05) is 11.6 Å². The number of hydrogen-bond acceptors (Lipinski definition) is 4. The number of carbonyl (C=O) groups excluding carboxylic acids is 1. The fourth-order valence-corrected chi connectivity index (χ4v) is 5.12. The second kappa shape index (κ2) is 6.26. The summed E-state index contributed by atoms with van der Waals surface area (Å²) < 4.78 is 24.8. The number of fused-ring (bicyclic) bond motifs is 1. The van der Waals surface area contributed by atoms with Gasteiger partial charge in [-0.3, -0.25) is 4.79 Å². The van der Waals surface area contributed by atoms with Gasteiger partial charge in [0.2, 0.25) is 5.91 Å². The maximum Gasteiger partial charge on any atom is 0.238 e. The Balaban J connectivity index is 1.78. The molecule has 0 N–H and O–H groups in total. The minimum Gasteiger partial charge on any atom is -0.335 e. The minimum atomic E-state index is -3.66. The van der Waals surface area contributed by atoms with Crippen LogP contribution in [0.5, 0.6) is 0 Å². The lowest BCUT2D eigenvalue weighted by atomic mass is 10.0. The highest BCUT2D eigenvalue weighted by atomic mass is 35.5. The average Bonchev–Trinajstić information content (AvgIpc) is 2.97. The highest BCUT2D eigenvalue weighted by Gasteiger charge is 2.31. The molecule has 2 aromatic rings. The van der Waals surface area contributed by atoms with Gasteiger partial charge in [0, 0.05) is 16.4 Å². The van der Waals surface area contributed by atoms with E-state index in [1.807, 2.05) is 18.4 Å². The van der Waals surface area contributed by atoms with Gasteiger partial charge in [0.15, 0.2) is 9.84 Å². The van der Waals surface area contributed by atoms with Crippen molar-refractivity contribution in [1.29, 1.82) is 0 Å².